The van der Waals surface area contributed by atoms with Crippen LogP contribution in [-0.2, 0) is 4.79 Å². The predicted molar refractivity (Wildman–Crippen MR) is 120 cm³/mol. The summed E-state index contributed by atoms with van der Waals surface area (Å²) in [5.74, 6) is 1.56. The zero-order valence-corrected chi connectivity index (χ0v) is 19.4. The third-order valence-electron chi connectivity index (χ3n) is 6.00. The van der Waals surface area contributed by atoms with Crippen LogP contribution in [0.3, 0.4) is 0 Å². The van der Waals surface area contributed by atoms with Crippen LogP contribution in [0.5, 0.6) is 0 Å². The van der Waals surface area contributed by atoms with Crippen molar-refractivity contribution in [1.29, 1.82) is 0 Å². The van der Waals surface area contributed by atoms with Crippen molar-refractivity contribution >= 4 is 17.8 Å². The Morgan fingerprint density at radius 3 is 2.57 bits per heavy atom. The number of hydrogen-bond acceptors (Lipinski definition) is 8. The molecule has 0 aliphatic carbocycles. The van der Waals surface area contributed by atoms with E-state index >= 15 is 0 Å². The van der Waals surface area contributed by atoms with E-state index in [2.05, 4.69) is 58.1 Å². The smallest absolute Gasteiger partial charge is 0.242 e. The molecule has 0 aromatic carbocycles. The summed E-state index contributed by atoms with van der Waals surface area (Å²) in [4.78, 5) is 33.0. The van der Waals surface area contributed by atoms with Crippen molar-refractivity contribution in [3.05, 3.63) is 6.33 Å². The average Bonchev–Trinajstić information content (AvgIpc) is 2.71. The minimum atomic E-state index is -0.564. The van der Waals surface area contributed by atoms with E-state index in [1.807, 2.05) is 18.7 Å². The Kier molecular flexibility index (Phi) is 6.81. The maximum atomic E-state index is 13.0. The van der Waals surface area contributed by atoms with Gasteiger partial charge in [0.25, 0.3) is 0 Å². The minimum absolute atomic E-state index is 0.124. The molecule has 9 heteroatoms. The van der Waals surface area contributed by atoms with E-state index in [4.69, 9.17) is 4.98 Å². The highest BCUT2D eigenvalue weighted by Crippen LogP contribution is 2.23. The molecule has 0 spiro atoms. The molecule has 9 nitrogen and oxygen atoms in total. The molecular formula is C21H38N8O. The van der Waals surface area contributed by atoms with Crippen molar-refractivity contribution < 1.29 is 4.79 Å². The Morgan fingerprint density at radius 2 is 1.90 bits per heavy atom. The molecule has 2 N–H and O–H groups in total. The summed E-state index contributed by atoms with van der Waals surface area (Å²) in [6.07, 6.45) is 2.58. The standard InChI is InChI=1S/C21H38N8O/c1-7-16(2)29(13-12-28-14-20(3,4)26-21(5,6)17(28)30)19-24-15-23-18(25-19)27-10-8-22-9-11-27/h15-16,22,26H,7-14H2,1-6H3. The van der Waals surface area contributed by atoms with Gasteiger partial charge in [-0.05, 0) is 41.0 Å². The Hall–Kier alpha value is -2.00. The summed E-state index contributed by atoms with van der Waals surface area (Å²) in [5, 5.41) is 6.82. The Morgan fingerprint density at radius 1 is 1.20 bits per heavy atom. The highest BCUT2D eigenvalue weighted by Gasteiger charge is 2.43. The molecule has 30 heavy (non-hydrogen) atoms. The van der Waals surface area contributed by atoms with Gasteiger partial charge in [-0.3, -0.25) is 10.1 Å². The van der Waals surface area contributed by atoms with E-state index in [0.29, 0.717) is 25.6 Å². The molecule has 1 aromatic heterocycles. The topological polar surface area (TPSA) is 89.5 Å². The number of nitrogens with zero attached hydrogens (tertiary/aromatic N) is 6. The second-order valence-corrected chi connectivity index (χ2v) is 9.63. The summed E-state index contributed by atoms with van der Waals surface area (Å²) in [6, 6.07) is 0.266. The van der Waals surface area contributed by atoms with Gasteiger partial charge in [0.05, 0.1) is 5.54 Å². The molecule has 0 bridgehead atoms. The highest BCUT2D eigenvalue weighted by atomic mass is 16.2. The van der Waals surface area contributed by atoms with Crippen LogP contribution < -0.4 is 20.4 Å². The van der Waals surface area contributed by atoms with Crippen molar-refractivity contribution in [2.45, 2.75) is 65.1 Å². The predicted octanol–water partition coefficient (Wildman–Crippen LogP) is 0.875. The van der Waals surface area contributed by atoms with Gasteiger partial charge in [-0.1, -0.05) is 6.92 Å². The van der Waals surface area contributed by atoms with Gasteiger partial charge in [-0.15, -0.1) is 0 Å². The van der Waals surface area contributed by atoms with E-state index in [9.17, 15) is 4.79 Å². The van der Waals surface area contributed by atoms with Crippen molar-refractivity contribution in [3.8, 4) is 0 Å². The number of aromatic nitrogens is 3. The second kappa shape index (κ2) is 9.01. The first-order chi connectivity index (χ1) is 14.1. The average molecular weight is 419 g/mol. The second-order valence-electron chi connectivity index (χ2n) is 9.63. The van der Waals surface area contributed by atoms with Crippen LogP contribution in [-0.4, -0.2) is 88.7 Å². The molecule has 168 valence electrons. The molecule has 0 saturated carbocycles. The van der Waals surface area contributed by atoms with Crippen LogP contribution >= 0.6 is 0 Å². The fourth-order valence-electron chi connectivity index (χ4n) is 4.47. The minimum Gasteiger partial charge on any atom is -0.338 e. The lowest BCUT2D eigenvalue weighted by Gasteiger charge is -2.47. The van der Waals surface area contributed by atoms with Gasteiger partial charge in [-0.2, -0.15) is 4.98 Å². The maximum Gasteiger partial charge on any atom is 0.242 e. The van der Waals surface area contributed by atoms with Gasteiger partial charge in [0.2, 0.25) is 17.8 Å². The first-order valence-corrected chi connectivity index (χ1v) is 11.1. The molecule has 0 radical (unpaired) electrons. The molecule has 1 unspecified atom stereocenters. The molecule has 3 rings (SSSR count). The van der Waals surface area contributed by atoms with Crippen LogP contribution in [0.25, 0.3) is 0 Å². The summed E-state index contributed by atoms with van der Waals surface area (Å²) in [6.45, 7) is 18.2. The summed E-state index contributed by atoms with van der Waals surface area (Å²) >= 11 is 0. The molecule has 2 aliphatic heterocycles. The molecular weight excluding hydrogens is 380 g/mol. The third-order valence-corrected chi connectivity index (χ3v) is 6.00. The Labute approximate surface area is 180 Å². The zero-order chi connectivity index (χ0) is 21.9. The molecule has 3 heterocycles. The van der Waals surface area contributed by atoms with Gasteiger partial charge < -0.3 is 20.0 Å². The van der Waals surface area contributed by atoms with Crippen LogP contribution in [0, 0.1) is 0 Å². The lowest BCUT2D eigenvalue weighted by molar-refractivity contribution is -0.143. The summed E-state index contributed by atoms with van der Waals surface area (Å²) < 4.78 is 0. The number of piperazine rings is 2. The number of anilines is 2. The lowest BCUT2D eigenvalue weighted by Crippen LogP contribution is -2.70. The monoisotopic (exact) mass is 418 g/mol. The molecule has 2 aliphatic rings. The molecule has 2 saturated heterocycles. The van der Waals surface area contributed by atoms with E-state index in [0.717, 1.165) is 38.5 Å². The number of hydrogen-bond donors (Lipinski definition) is 2. The first kappa shape index (κ1) is 22.7. The lowest BCUT2D eigenvalue weighted by atomic mass is 9.90. The van der Waals surface area contributed by atoms with E-state index in [-0.39, 0.29) is 17.5 Å². The van der Waals surface area contributed by atoms with Crippen LogP contribution in [0.15, 0.2) is 6.33 Å². The number of amides is 1. The number of carbonyl (C=O) groups is 1. The maximum absolute atomic E-state index is 13.0. The zero-order valence-electron chi connectivity index (χ0n) is 19.4. The summed E-state index contributed by atoms with van der Waals surface area (Å²) in [7, 11) is 0. The van der Waals surface area contributed by atoms with Crippen molar-refractivity contribution in [1.82, 2.24) is 30.5 Å². The Balaban J connectivity index is 1.76. The normalized spacial score (nSPS) is 22.1. The molecule has 1 aromatic rings. The van der Waals surface area contributed by atoms with Gasteiger partial charge in [0.1, 0.15) is 6.33 Å². The van der Waals surface area contributed by atoms with Crippen molar-refractivity contribution in [3.63, 3.8) is 0 Å². The number of carbonyl (C=O) groups excluding carboxylic acids is 1. The quantitative estimate of drug-likeness (QED) is 0.674. The van der Waals surface area contributed by atoms with Crippen LogP contribution in [0.2, 0.25) is 0 Å². The number of nitrogens with one attached hydrogen (secondary N) is 2. The van der Waals surface area contributed by atoms with Gasteiger partial charge in [0, 0.05) is 57.4 Å². The Bertz CT molecular complexity index is 731. The fraction of sp³-hybridized carbons (Fsp3) is 0.810. The van der Waals surface area contributed by atoms with E-state index in [1.165, 1.54) is 0 Å². The molecule has 1 atom stereocenters. The van der Waals surface area contributed by atoms with Crippen LogP contribution in [0.1, 0.15) is 48.0 Å². The van der Waals surface area contributed by atoms with Crippen molar-refractivity contribution in [2.75, 3.05) is 55.6 Å². The first-order valence-electron chi connectivity index (χ1n) is 11.1. The van der Waals surface area contributed by atoms with E-state index in [1.54, 1.807) is 6.33 Å². The van der Waals surface area contributed by atoms with Gasteiger partial charge >= 0.3 is 0 Å². The van der Waals surface area contributed by atoms with Gasteiger partial charge in [-0.25, -0.2) is 9.97 Å². The number of rotatable bonds is 7. The van der Waals surface area contributed by atoms with Gasteiger partial charge in [0.15, 0.2) is 0 Å². The third kappa shape index (κ3) is 5.18. The SMILES string of the molecule is CCC(C)N(CCN1CC(C)(C)NC(C)(C)C1=O)c1ncnc(N2CCNCC2)n1. The van der Waals surface area contributed by atoms with E-state index < -0.39 is 5.54 Å². The molecule has 1 amide bonds. The highest BCUT2D eigenvalue weighted by molar-refractivity contribution is 5.86. The largest absolute Gasteiger partial charge is 0.338 e. The van der Waals surface area contributed by atoms with Crippen molar-refractivity contribution in [2.24, 2.45) is 0 Å². The fourth-order valence-corrected chi connectivity index (χ4v) is 4.47. The summed E-state index contributed by atoms with van der Waals surface area (Å²) in [5.41, 5.74) is -0.688. The van der Waals surface area contributed by atoms with Crippen LogP contribution in [0.4, 0.5) is 11.9 Å². The molecule has 2 fully saturated rings.